The first-order valence-electron chi connectivity index (χ1n) is 8.16. The number of halogens is 1. The van der Waals surface area contributed by atoms with E-state index >= 15 is 0 Å². The molecule has 1 saturated heterocycles. The summed E-state index contributed by atoms with van der Waals surface area (Å²) >= 11 is 3.44. The SMILES string of the molecule is Cc1ccc(C(=O)N(Cc2cccc(Br)c2)[C@H]2CCS(=O)(=O)C2)cc1. The molecule has 1 amide bonds. The summed E-state index contributed by atoms with van der Waals surface area (Å²) in [6.45, 7) is 2.36. The van der Waals surface area contributed by atoms with Gasteiger partial charge in [0.15, 0.2) is 9.84 Å². The number of carbonyl (C=O) groups is 1. The first-order chi connectivity index (χ1) is 11.8. The molecule has 1 heterocycles. The van der Waals surface area contributed by atoms with E-state index in [1.165, 1.54) is 0 Å². The summed E-state index contributed by atoms with van der Waals surface area (Å²) < 4.78 is 24.8. The largest absolute Gasteiger partial charge is 0.330 e. The Morgan fingerprint density at radius 2 is 1.92 bits per heavy atom. The molecule has 1 fully saturated rings. The molecule has 0 N–H and O–H groups in total. The Labute approximate surface area is 156 Å². The molecule has 0 radical (unpaired) electrons. The van der Waals surface area contributed by atoms with Gasteiger partial charge in [0.25, 0.3) is 5.91 Å². The van der Waals surface area contributed by atoms with Crippen LogP contribution in [0.25, 0.3) is 0 Å². The molecule has 0 unspecified atom stereocenters. The van der Waals surface area contributed by atoms with Gasteiger partial charge in [-0.2, -0.15) is 0 Å². The van der Waals surface area contributed by atoms with Crippen LogP contribution in [0.5, 0.6) is 0 Å². The first-order valence-corrected chi connectivity index (χ1v) is 10.8. The number of nitrogens with zero attached hydrogens (tertiary/aromatic N) is 1. The van der Waals surface area contributed by atoms with Crippen LogP contribution >= 0.6 is 15.9 Å². The third-order valence-electron chi connectivity index (χ3n) is 4.45. The molecule has 1 aliphatic heterocycles. The normalized spacial score (nSPS) is 18.9. The van der Waals surface area contributed by atoms with Crippen molar-refractivity contribution in [2.24, 2.45) is 0 Å². The lowest BCUT2D eigenvalue weighted by molar-refractivity contribution is 0.0681. The van der Waals surface area contributed by atoms with Crippen molar-refractivity contribution < 1.29 is 13.2 Å². The van der Waals surface area contributed by atoms with Crippen molar-refractivity contribution in [2.45, 2.75) is 25.9 Å². The maximum atomic E-state index is 13.1. The Bertz CT molecular complexity index is 878. The molecule has 0 aliphatic carbocycles. The second-order valence-corrected chi connectivity index (χ2v) is 9.63. The molecule has 4 nitrogen and oxygen atoms in total. The molecule has 132 valence electrons. The third kappa shape index (κ3) is 4.50. The van der Waals surface area contributed by atoms with E-state index in [2.05, 4.69) is 15.9 Å². The number of rotatable bonds is 4. The lowest BCUT2D eigenvalue weighted by Crippen LogP contribution is -2.40. The average molecular weight is 422 g/mol. The highest BCUT2D eigenvalue weighted by molar-refractivity contribution is 9.10. The summed E-state index contributed by atoms with van der Waals surface area (Å²) in [7, 11) is -3.07. The van der Waals surface area contributed by atoms with Crippen LogP contribution in [-0.2, 0) is 16.4 Å². The van der Waals surface area contributed by atoms with Gasteiger partial charge in [0.2, 0.25) is 0 Å². The highest BCUT2D eigenvalue weighted by Gasteiger charge is 2.35. The van der Waals surface area contributed by atoms with E-state index in [4.69, 9.17) is 0 Å². The minimum absolute atomic E-state index is 0.0403. The number of sulfone groups is 1. The summed E-state index contributed by atoms with van der Waals surface area (Å²) in [5.41, 5.74) is 2.64. The summed E-state index contributed by atoms with van der Waals surface area (Å²) in [4.78, 5) is 14.8. The monoisotopic (exact) mass is 421 g/mol. The third-order valence-corrected chi connectivity index (χ3v) is 6.69. The maximum Gasteiger partial charge on any atom is 0.254 e. The molecule has 2 aromatic rings. The number of aryl methyl sites for hydroxylation is 1. The second-order valence-electron chi connectivity index (χ2n) is 6.49. The van der Waals surface area contributed by atoms with Crippen molar-refractivity contribution in [3.05, 3.63) is 69.7 Å². The van der Waals surface area contributed by atoms with E-state index in [-0.39, 0.29) is 23.5 Å². The molecule has 0 aromatic heterocycles. The zero-order valence-corrected chi connectivity index (χ0v) is 16.4. The molecule has 2 aromatic carbocycles. The fraction of sp³-hybridized carbons (Fsp3) is 0.316. The van der Waals surface area contributed by atoms with E-state index in [1.54, 1.807) is 17.0 Å². The smallest absolute Gasteiger partial charge is 0.254 e. The van der Waals surface area contributed by atoms with Crippen molar-refractivity contribution in [3.8, 4) is 0 Å². The van der Waals surface area contributed by atoms with Crippen molar-refractivity contribution in [1.82, 2.24) is 4.90 Å². The van der Waals surface area contributed by atoms with Crippen molar-refractivity contribution >= 4 is 31.7 Å². The van der Waals surface area contributed by atoms with Crippen LogP contribution in [0.3, 0.4) is 0 Å². The van der Waals surface area contributed by atoms with Gasteiger partial charge in [-0.3, -0.25) is 4.79 Å². The lowest BCUT2D eigenvalue weighted by Gasteiger charge is -2.28. The van der Waals surface area contributed by atoms with Gasteiger partial charge in [-0.15, -0.1) is 0 Å². The van der Waals surface area contributed by atoms with Crippen LogP contribution in [-0.4, -0.2) is 36.8 Å². The van der Waals surface area contributed by atoms with Crippen molar-refractivity contribution in [1.29, 1.82) is 0 Å². The topological polar surface area (TPSA) is 54.5 Å². The number of carbonyl (C=O) groups excluding carboxylic acids is 1. The van der Waals surface area contributed by atoms with E-state index in [9.17, 15) is 13.2 Å². The van der Waals surface area contributed by atoms with E-state index in [0.717, 1.165) is 15.6 Å². The van der Waals surface area contributed by atoms with Gasteiger partial charge >= 0.3 is 0 Å². The molecule has 3 rings (SSSR count). The number of hydrogen-bond acceptors (Lipinski definition) is 3. The molecule has 1 aliphatic rings. The van der Waals surface area contributed by atoms with Crippen molar-refractivity contribution in [3.63, 3.8) is 0 Å². The Morgan fingerprint density at radius 3 is 2.52 bits per heavy atom. The molecular weight excluding hydrogens is 402 g/mol. The highest BCUT2D eigenvalue weighted by atomic mass is 79.9. The summed E-state index contributed by atoms with van der Waals surface area (Å²) in [5.74, 6) is 0.0639. The van der Waals surface area contributed by atoms with Gasteiger partial charge in [0, 0.05) is 22.6 Å². The molecule has 25 heavy (non-hydrogen) atoms. The van der Waals surface area contributed by atoms with Crippen LogP contribution < -0.4 is 0 Å². The van der Waals surface area contributed by atoms with E-state index in [0.29, 0.717) is 18.5 Å². The maximum absolute atomic E-state index is 13.1. The highest BCUT2D eigenvalue weighted by Crippen LogP contribution is 2.23. The predicted molar refractivity (Wildman–Crippen MR) is 102 cm³/mol. The molecule has 6 heteroatoms. The second kappa shape index (κ2) is 7.30. The van der Waals surface area contributed by atoms with Gasteiger partial charge in [-0.25, -0.2) is 8.42 Å². The number of hydrogen-bond donors (Lipinski definition) is 0. The minimum Gasteiger partial charge on any atom is -0.330 e. The zero-order valence-electron chi connectivity index (χ0n) is 14.0. The minimum atomic E-state index is -3.07. The van der Waals surface area contributed by atoms with Gasteiger partial charge in [0.05, 0.1) is 11.5 Å². The standard InChI is InChI=1S/C19H20BrNO3S/c1-14-5-7-16(8-6-14)19(22)21(18-9-10-25(23,24)13-18)12-15-3-2-4-17(20)11-15/h2-8,11,18H,9-10,12-13H2,1H3/t18-/m0/s1. The Balaban J connectivity index is 1.91. The quantitative estimate of drug-likeness (QED) is 0.757. The Morgan fingerprint density at radius 1 is 1.20 bits per heavy atom. The Kier molecular flexibility index (Phi) is 5.29. The van der Waals surface area contributed by atoms with Crippen LogP contribution in [0.4, 0.5) is 0 Å². The van der Waals surface area contributed by atoms with E-state index < -0.39 is 9.84 Å². The van der Waals surface area contributed by atoms with Crippen LogP contribution in [0.2, 0.25) is 0 Å². The number of benzene rings is 2. The molecule has 1 atom stereocenters. The van der Waals surface area contributed by atoms with Crippen LogP contribution in [0.15, 0.2) is 53.0 Å². The van der Waals surface area contributed by atoms with E-state index in [1.807, 2.05) is 43.3 Å². The van der Waals surface area contributed by atoms with Gasteiger partial charge in [-0.1, -0.05) is 45.8 Å². The molecular formula is C19H20BrNO3S. The first kappa shape index (κ1) is 18.1. The summed E-state index contributed by atoms with van der Waals surface area (Å²) in [6.07, 6.45) is 0.494. The average Bonchev–Trinajstić information content (AvgIpc) is 2.92. The number of amides is 1. The fourth-order valence-electron chi connectivity index (χ4n) is 3.08. The van der Waals surface area contributed by atoms with Crippen LogP contribution in [0.1, 0.15) is 27.9 Å². The molecule has 0 bridgehead atoms. The van der Waals surface area contributed by atoms with Crippen LogP contribution in [0, 0.1) is 6.92 Å². The molecule has 0 spiro atoms. The Hall–Kier alpha value is -1.66. The summed E-state index contributed by atoms with van der Waals surface area (Å²) in [6, 6.07) is 14.9. The lowest BCUT2D eigenvalue weighted by atomic mass is 10.1. The van der Waals surface area contributed by atoms with Gasteiger partial charge in [0.1, 0.15) is 0 Å². The molecule has 0 saturated carbocycles. The zero-order chi connectivity index (χ0) is 18.0. The van der Waals surface area contributed by atoms with Gasteiger partial charge in [-0.05, 0) is 43.2 Å². The van der Waals surface area contributed by atoms with Crippen molar-refractivity contribution in [2.75, 3.05) is 11.5 Å². The van der Waals surface area contributed by atoms with Gasteiger partial charge < -0.3 is 4.90 Å². The predicted octanol–water partition coefficient (Wildman–Crippen LogP) is 3.59. The fourth-order valence-corrected chi connectivity index (χ4v) is 5.26. The summed E-state index contributed by atoms with van der Waals surface area (Å²) in [5, 5.41) is 0.